The van der Waals surface area contributed by atoms with Crippen molar-refractivity contribution in [2.75, 3.05) is 0 Å². The maximum Gasteiger partial charge on any atom is 0.109 e. The lowest BCUT2D eigenvalue weighted by molar-refractivity contribution is 0.413. The average Bonchev–Trinajstić information content (AvgIpc) is 2.65. The standard InChI is InChI=1S/C12H20N2S/c1-10(12-13-8-9-15-12)14-11-6-4-2-3-5-7-11/h8-11,14H,2-7H2,1H3/t10-/m1/s1. The molecular weight excluding hydrogens is 204 g/mol. The van der Waals surface area contributed by atoms with Gasteiger partial charge in [-0.1, -0.05) is 25.7 Å². The fourth-order valence-corrected chi connectivity index (χ4v) is 2.97. The fraction of sp³-hybridized carbons (Fsp3) is 0.750. The quantitative estimate of drug-likeness (QED) is 0.795. The van der Waals surface area contributed by atoms with Crippen molar-refractivity contribution in [1.29, 1.82) is 0 Å². The fourth-order valence-electron chi connectivity index (χ4n) is 2.32. The smallest absolute Gasteiger partial charge is 0.109 e. The van der Waals surface area contributed by atoms with Crippen molar-refractivity contribution < 1.29 is 0 Å². The van der Waals surface area contributed by atoms with Crippen LogP contribution in [0.15, 0.2) is 11.6 Å². The highest BCUT2D eigenvalue weighted by Crippen LogP contribution is 2.21. The second-order valence-corrected chi connectivity index (χ2v) is 5.37. The molecule has 2 nitrogen and oxygen atoms in total. The van der Waals surface area contributed by atoms with Crippen molar-refractivity contribution in [1.82, 2.24) is 10.3 Å². The molecule has 0 spiro atoms. The number of aromatic nitrogens is 1. The number of rotatable bonds is 3. The van der Waals surface area contributed by atoms with Crippen molar-refractivity contribution in [2.24, 2.45) is 0 Å². The van der Waals surface area contributed by atoms with E-state index in [2.05, 4.69) is 22.6 Å². The molecule has 15 heavy (non-hydrogen) atoms. The van der Waals surface area contributed by atoms with Gasteiger partial charge in [-0.3, -0.25) is 0 Å². The predicted octanol–water partition coefficient (Wildman–Crippen LogP) is 3.52. The highest BCUT2D eigenvalue weighted by Gasteiger charge is 2.16. The Labute approximate surface area is 96.1 Å². The summed E-state index contributed by atoms with van der Waals surface area (Å²) < 4.78 is 0. The zero-order valence-corrected chi connectivity index (χ0v) is 10.2. The third-order valence-corrected chi connectivity index (χ3v) is 4.12. The summed E-state index contributed by atoms with van der Waals surface area (Å²) in [7, 11) is 0. The molecule has 3 heteroatoms. The first kappa shape index (κ1) is 11.1. The first-order chi connectivity index (χ1) is 7.36. The lowest BCUT2D eigenvalue weighted by Crippen LogP contribution is -2.30. The summed E-state index contributed by atoms with van der Waals surface area (Å²) in [4.78, 5) is 4.36. The molecule has 1 fully saturated rings. The summed E-state index contributed by atoms with van der Waals surface area (Å²) in [5.41, 5.74) is 0. The van der Waals surface area contributed by atoms with Crippen LogP contribution in [0.4, 0.5) is 0 Å². The second kappa shape index (κ2) is 5.61. The highest BCUT2D eigenvalue weighted by molar-refractivity contribution is 7.09. The van der Waals surface area contributed by atoms with Gasteiger partial charge in [0.05, 0.1) is 6.04 Å². The zero-order chi connectivity index (χ0) is 10.5. The number of nitrogens with one attached hydrogen (secondary N) is 1. The third kappa shape index (κ3) is 3.28. The van der Waals surface area contributed by atoms with Crippen LogP contribution in [0.5, 0.6) is 0 Å². The molecule has 1 aromatic rings. The minimum absolute atomic E-state index is 0.424. The summed E-state index contributed by atoms with van der Waals surface area (Å²) in [5, 5.41) is 6.99. The molecule has 0 saturated heterocycles. The van der Waals surface area contributed by atoms with Crippen LogP contribution >= 0.6 is 11.3 Å². The summed E-state index contributed by atoms with van der Waals surface area (Å²) in [5.74, 6) is 0. The van der Waals surface area contributed by atoms with E-state index < -0.39 is 0 Å². The van der Waals surface area contributed by atoms with Crippen molar-refractivity contribution in [3.05, 3.63) is 16.6 Å². The number of hydrogen-bond acceptors (Lipinski definition) is 3. The summed E-state index contributed by atoms with van der Waals surface area (Å²) in [6, 6.07) is 1.14. The van der Waals surface area contributed by atoms with Gasteiger partial charge in [-0.2, -0.15) is 0 Å². The van der Waals surface area contributed by atoms with Gasteiger partial charge in [-0.05, 0) is 19.8 Å². The van der Waals surface area contributed by atoms with Crippen LogP contribution in [0.1, 0.15) is 56.5 Å². The van der Waals surface area contributed by atoms with Crippen LogP contribution in [0.3, 0.4) is 0 Å². The van der Waals surface area contributed by atoms with E-state index in [0.29, 0.717) is 12.1 Å². The number of nitrogens with zero attached hydrogens (tertiary/aromatic N) is 1. The largest absolute Gasteiger partial charge is 0.305 e. The van der Waals surface area contributed by atoms with Crippen LogP contribution in [0.25, 0.3) is 0 Å². The number of hydrogen-bond donors (Lipinski definition) is 1. The Bertz CT molecular complexity index is 263. The molecule has 0 unspecified atom stereocenters. The summed E-state index contributed by atoms with van der Waals surface area (Å²) in [6.45, 7) is 2.23. The van der Waals surface area contributed by atoms with E-state index in [-0.39, 0.29) is 0 Å². The van der Waals surface area contributed by atoms with Gasteiger partial charge in [-0.25, -0.2) is 4.98 Å². The van der Waals surface area contributed by atoms with E-state index in [0.717, 1.165) is 0 Å². The molecule has 0 bridgehead atoms. The maximum absolute atomic E-state index is 4.36. The van der Waals surface area contributed by atoms with E-state index in [1.807, 2.05) is 6.20 Å². The molecule has 0 radical (unpaired) electrons. The van der Waals surface area contributed by atoms with E-state index in [1.54, 1.807) is 11.3 Å². The van der Waals surface area contributed by atoms with Crippen LogP contribution in [0, 0.1) is 0 Å². The van der Waals surface area contributed by atoms with Gasteiger partial charge in [0.25, 0.3) is 0 Å². The average molecular weight is 224 g/mol. The minimum atomic E-state index is 0.424. The Balaban J connectivity index is 1.84. The van der Waals surface area contributed by atoms with Crippen LogP contribution < -0.4 is 5.32 Å². The van der Waals surface area contributed by atoms with Crippen molar-refractivity contribution in [3.63, 3.8) is 0 Å². The van der Waals surface area contributed by atoms with Gasteiger partial charge < -0.3 is 5.32 Å². The molecule has 0 aromatic carbocycles. The van der Waals surface area contributed by atoms with Gasteiger partial charge >= 0.3 is 0 Å². The minimum Gasteiger partial charge on any atom is -0.305 e. The molecular formula is C12H20N2S. The van der Waals surface area contributed by atoms with Crippen molar-refractivity contribution >= 4 is 11.3 Å². The molecule has 1 aromatic heterocycles. The molecule has 0 aliphatic heterocycles. The summed E-state index contributed by atoms with van der Waals surface area (Å²) >= 11 is 1.75. The van der Waals surface area contributed by atoms with Crippen molar-refractivity contribution in [2.45, 2.75) is 57.5 Å². The van der Waals surface area contributed by atoms with Crippen LogP contribution in [0.2, 0.25) is 0 Å². The Morgan fingerprint density at radius 3 is 2.67 bits per heavy atom. The highest BCUT2D eigenvalue weighted by atomic mass is 32.1. The zero-order valence-electron chi connectivity index (χ0n) is 9.41. The van der Waals surface area contributed by atoms with Gasteiger partial charge in [0.2, 0.25) is 0 Å². The molecule has 1 aliphatic carbocycles. The normalized spacial score (nSPS) is 21.1. The predicted molar refractivity (Wildman–Crippen MR) is 65.2 cm³/mol. The second-order valence-electron chi connectivity index (χ2n) is 4.45. The van der Waals surface area contributed by atoms with Gasteiger partial charge in [-0.15, -0.1) is 11.3 Å². The Morgan fingerprint density at radius 2 is 2.07 bits per heavy atom. The maximum atomic E-state index is 4.36. The first-order valence-corrected chi connectivity index (χ1v) is 6.89. The molecule has 1 heterocycles. The van der Waals surface area contributed by atoms with Crippen LogP contribution in [-0.2, 0) is 0 Å². The van der Waals surface area contributed by atoms with Crippen LogP contribution in [-0.4, -0.2) is 11.0 Å². The first-order valence-electron chi connectivity index (χ1n) is 6.01. The van der Waals surface area contributed by atoms with Gasteiger partial charge in [0, 0.05) is 17.6 Å². The Kier molecular flexibility index (Phi) is 4.15. The van der Waals surface area contributed by atoms with Gasteiger partial charge in [0.1, 0.15) is 5.01 Å². The van der Waals surface area contributed by atoms with E-state index in [1.165, 1.54) is 43.5 Å². The Hall–Kier alpha value is -0.410. The van der Waals surface area contributed by atoms with Crippen molar-refractivity contribution in [3.8, 4) is 0 Å². The molecule has 1 saturated carbocycles. The molecule has 1 N–H and O–H groups in total. The monoisotopic (exact) mass is 224 g/mol. The Morgan fingerprint density at radius 1 is 1.33 bits per heavy atom. The molecule has 2 rings (SSSR count). The molecule has 1 atom stereocenters. The summed E-state index contributed by atoms with van der Waals surface area (Å²) in [6.07, 6.45) is 10.2. The van der Waals surface area contributed by atoms with E-state index in [4.69, 9.17) is 0 Å². The lowest BCUT2D eigenvalue weighted by Gasteiger charge is -2.20. The molecule has 1 aliphatic rings. The lowest BCUT2D eigenvalue weighted by atomic mass is 10.1. The third-order valence-electron chi connectivity index (χ3n) is 3.16. The molecule has 0 amide bonds. The SMILES string of the molecule is C[C@@H](NC1CCCCCC1)c1nccs1. The number of thiazole rings is 1. The van der Waals surface area contributed by atoms with E-state index in [9.17, 15) is 0 Å². The molecule has 84 valence electrons. The van der Waals surface area contributed by atoms with E-state index >= 15 is 0 Å². The van der Waals surface area contributed by atoms with Gasteiger partial charge in [0.15, 0.2) is 0 Å². The topological polar surface area (TPSA) is 24.9 Å².